The lowest BCUT2D eigenvalue weighted by Gasteiger charge is -2.36. The Morgan fingerprint density at radius 2 is 1.76 bits per heavy atom. The molecule has 0 unspecified atom stereocenters. The maximum Gasteiger partial charge on any atom is 0.191 e. The largest absolute Gasteiger partial charge is 0.497 e. The molecule has 4 nitrogen and oxygen atoms in total. The van der Waals surface area contributed by atoms with E-state index in [-0.39, 0.29) is 5.04 Å². The number of nitrogens with zero attached hydrogens (tertiary/aromatic N) is 1. The molecule has 0 aliphatic heterocycles. The second-order valence-corrected chi connectivity index (χ2v) is 15.0. The van der Waals surface area contributed by atoms with Gasteiger partial charge in [0.15, 0.2) is 8.32 Å². The minimum atomic E-state index is -1.75. The quantitative estimate of drug-likeness (QED) is 0.228. The van der Waals surface area contributed by atoms with E-state index < -0.39 is 8.32 Å². The molecule has 0 radical (unpaired) electrons. The van der Waals surface area contributed by atoms with Crippen molar-refractivity contribution in [3.8, 4) is 11.5 Å². The van der Waals surface area contributed by atoms with Crippen LogP contribution in [-0.2, 0) is 11.0 Å². The Labute approximate surface area is 204 Å². The van der Waals surface area contributed by atoms with Crippen molar-refractivity contribution >= 4 is 43.0 Å². The molecule has 0 bridgehead atoms. The first-order valence-corrected chi connectivity index (χ1v) is 14.7. The molecule has 6 heteroatoms. The number of hydrogen-bond donors (Lipinski definition) is 0. The van der Waals surface area contributed by atoms with Crippen molar-refractivity contribution in [1.29, 1.82) is 0 Å². The Bertz CT molecular complexity index is 1130. The minimum absolute atomic E-state index is 0.214. The minimum Gasteiger partial charge on any atom is -0.497 e. The van der Waals surface area contributed by atoms with Gasteiger partial charge in [-0.3, -0.25) is 0 Å². The van der Waals surface area contributed by atoms with Crippen molar-refractivity contribution in [2.75, 3.05) is 20.8 Å². The number of methoxy groups -OCH3 is 2. The van der Waals surface area contributed by atoms with E-state index in [9.17, 15) is 0 Å². The topological polar surface area (TPSA) is 32.6 Å². The Balaban J connectivity index is 1.89. The van der Waals surface area contributed by atoms with E-state index in [1.165, 1.54) is 5.52 Å². The number of rotatable bonds is 9. The molecule has 0 atom stereocenters. The van der Waals surface area contributed by atoms with Crippen molar-refractivity contribution in [2.24, 2.45) is 0 Å². The first kappa shape index (κ1) is 25.4. The summed E-state index contributed by atoms with van der Waals surface area (Å²) >= 11 is 6.45. The fourth-order valence-corrected chi connectivity index (χ4v) is 4.89. The summed E-state index contributed by atoms with van der Waals surface area (Å²) in [5.41, 5.74) is 3.15. The van der Waals surface area contributed by atoms with Crippen LogP contribution in [0.5, 0.6) is 11.5 Å². The van der Waals surface area contributed by atoms with Crippen LogP contribution in [0.2, 0.25) is 23.2 Å². The molecule has 0 fully saturated rings. The summed E-state index contributed by atoms with van der Waals surface area (Å²) in [4.78, 5) is 0. The second-order valence-electron chi connectivity index (χ2n) is 9.80. The van der Waals surface area contributed by atoms with E-state index in [0.717, 1.165) is 47.7 Å². The highest BCUT2D eigenvalue weighted by atomic mass is 35.5. The molecule has 3 rings (SSSR count). The van der Waals surface area contributed by atoms with Crippen molar-refractivity contribution in [2.45, 2.75) is 51.9 Å². The first-order chi connectivity index (χ1) is 15.6. The molecule has 1 heterocycles. The van der Waals surface area contributed by atoms with Gasteiger partial charge in [0.05, 0.1) is 19.2 Å². The van der Waals surface area contributed by atoms with Crippen molar-refractivity contribution in [3.05, 3.63) is 58.7 Å². The zero-order valence-corrected chi connectivity index (χ0v) is 22.6. The van der Waals surface area contributed by atoms with Gasteiger partial charge in [-0.25, -0.2) is 0 Å². The molecule has 178 valence electrons. The fourth-order valence-electron chi connectivity index (χ4n) is 3.58. The molecule has 3 aromatic rings. The lowest BCUT2D eigenvalue weighted by molar-refractivity contribution is 0.275. The molecule has 2 aromatic carbocycles. The number of hydrogen-bond acceptors (Lipinski definition) is 3. The SMILES string of the molecule is COc1ccc2c(c1)cc(C=Cc1c(Cl)cccc1OC)n2CCCO[Si](C)(C)C(C)(C)C. The predicted molar refractivity (Wildman–Crippen MR) is 143 cm³/mol. The second kappa shape index (κ2) is 10.4. The molecule has 0 saturated heterocycles. The van der Waals surface area contributed by atoms with Gasteiger partial charge in [-0.1, -0.05) is 38.4 Å². The van der Waals surface area contributed by atoms with E-state index in [4.69, 9.17) is 25.5 Å². The third kappa shape index (κ3) is 5.83. The van der Waals surface area contributed by atoms with Gasteiger partial charge in [-0.05, 0) is 73.1 Å². The maximum atomic E-state index is 6.45. The van der Waals surface area contributed by atoms with Gasteiger partial charge in [0.25, 0.3) is 0 Å². The molecular weight excluding hydrogens is 450 g/mol. The lowest BCUT2D eigenvalue weighted by Crippen LogP contribution is -2.41. The molecule has 0 saturated carbocycles. The summed E-state index contributed by atoms with van der Waals surface area (Å²) in [5.74, 6) is 1.61. The van der Waals surface area contributed by atoms with E-state index in [1.807, 2.05) is 30.3 Å². The third-order valence-corrected chi connectivity index (χ3v) is 11.5. The van der Waals surface area contributed by atoms with Crippen molar-refractivity contribution in [1.82, 2.24) is 4.57 Å². The molecule has 0 aliphatic rings. The molecule has 0 aliphatic carbocycles. The Hall–Kier alpha value is -2.21. The third-order valence-electron chi connectivity index (χ3n) is 6.59. The van der Waals surface area contributed by atoms with Crippen LogP contribution in [0.15, 0.2) is 42.5 Å². The average Bonchev–Trinajstić information content (AvgIpc) is 3.11. The van der Waals surface area contributed by atoms with Gasteiger partial charge >= 0.3 is 0 Å². The van der Waals surface area contributed by atoms with Gasteiger partial charge in [-0.15, -0.1) is 0 Å². The summed E-state index contributed by atoms with van der Waals surface area (Å²) < 4.78 is 19.7. The van der Waals surface area contributed by atoms with Crippen LogP contribution in [-0.4, -0.2) is 33.7 Å². The van der Waals surface area contributed by atoms with Gasteiger partial charge in [0.2, 0.25) is 0 Å². The lowest BCUT2D eigenvalue weighted by atomic mass is 10.1. The molecule has 33 heavy (non-hydrogen) atoms. The Kier molecular flexibility index (Phi) is 7.99. The van der Waals surface area contributed by atoms with Crippen LogP contribution in [0.1, 0.15) is 38.4 Å². The van der Waals surface area contributed by atoms with Crippen molar-refractivity contribution in [3.63, 3.8) is 0 Å². The standard InChI is InChI=1S/C27H36ClNO3Si/c1-27(2,3)33(6,7)32-17-9-16-29-21(18-20-19-22(30-4)13-15-25(20)29)12-14-23-24(28)10-8-11-26(23)31-5/h8,10-15,18-19H,9,16-17H2,1-7H3. The first-order valence-electron chi connectivity index (χ1n) is 11.4. The smallest absolute Gasteiger partial charge is 0.191 e. The summed E-state index contributed by atoms with van der Waals surface area (Å²) in [6, 6.07) is 14.1. The summed E-state index contributed by atoms with van der Waals surface area (Å²) in [6.07, 6.45) is 5.07. The predicted octanol–water partition coefficient (Wildman–Crippen LogP) is 7.89. The highest BCUT2D eigenvalue weighted by molar-refractivity contribution is 6.74. The van der Waals surface area contributed by atoms with E-state index in [2.05, 4.69) is 62.7 Å². The van der Waals surface area contributed by atoms with Gasteiger partial charge < -0.3 is 18.5 Å². The Morgan fingerprint density at radius 1 is 1.00 bits per heavy atom. The van der Waals surface area contributed by atoms with Crippen molar-refractivity contribution < 1.29 is 13.9 Å². The van der Waals surface area contributed by atoms with Gasteiger partial charge in [0.1, 0.15) is 11.5 Å². The molecule has 0 amide bonds. The fraction of sp³-hybridized carbons (Fsp3) is 0.407. The average molecular weight is 486 g/mol. The highest BCUT2D eigenvalue weighted by Gasteiger charge is 2.36. The zero-order chi connectivity index (χ0) is 24.2. The number of benzene rings is 2. The van der Waals surface area contributed by atoms with Gasteiger partial charge in [-0.2, -0.15) is 0 Å². The van der Waals surface area contributed by atoms with Crippen LogP contribution >= 0.6 is 11.6 Å². The molecular formula is C27H36ClNO3Si. The molecule has 0 spiro atoms. The maximum absolute atomic E-state index is 6.45. The number of ether oxygens (including phenoxy) is 2. The summed E-state index contributed by atoms with van der Waals surface area (Å²) in [6.45, 7) is 13.1. The van der Waals surface area contributed by atoms with Gasteiger partial charge in [0, 0.05) is 35.3 Å². The number of halogens is 1. The summed E-state index contributed by atoms with van der Waals surface area (Å²) in [7, 11) is 1.61. The van der Waals surface area contributed by atoms with Crippen LogP contribution in [0, 0.1) is 0 Å². The van der Waals surface area contributed by atoms with Crippen LogP contribution in [0.3, 0.4) is 0 Å². The van der Waals surface area contributed by atoms with Crippen LogP contribution < -0.4 is 9.47 Å². The number of aryl methyl sites for hydroxylation is 1. The number of fused-ring (bicyclic) bond motifs is 1. The van der Waals surface area contributed by atoms with E-state index in [1.54, 1.807) is 14.2 Å². The van der Waals surface area contributed by atoms with E-state index in [0.29, 0.717) is 5.02 Å². The molecule has 1 aromatic heterocycles. The van der Waals surface area contributed by atoms with Crippen LogP contribution in [0.25, 0.3) is 23.1 Å². The molecule has 0 N–H and O–H groups in total. The number of aromatic nitrogens is 1. The normalized spacial score (nSPS) is 12.6. The summed E-state index contributed by atoms with van der Waals surface area (Å²) in [5, 5.41) is 2.02. The monoisotopic (exact) mass is 485 g/mol. The highest BCUT2D eigenvalue weighted by Crippen LogP contribution is 2.36. The van der Waals surface area contributed by atoms with E-state index >= 15 is 0 Å². The van der Waals surface area contributed by atoms with Crippen LogP contribution in [0.4, 0.5) is 0 Å². The Morgan fingerprint density at radius 3 is 2.42 bits per heavy atom. The zero-order valence-electron chi connectivity index (χ0n) is 20.9.